The predicted octanol–water partition coefficient (Wildman–Crippen LogP) is 3.37. The van der Waals surface area contributed by atoms with Gasteiger partial charge in [-0.25, -0.2) is 4.79 Å². The maximum atomic E-state index is 12.1. The van der Waals surface area contributed by atoms with E-state index in [0.29, 0.717) is 5.56 Å². The molecule has 0 N–H and O–H groups in total. The molecule has 1 spiro atoms. The molecule has 152 valence electrons. The van der Waals surface area contributed by atoms with Gasteiger partial charge >= 0.3 is 5.97 Å². The first-order valence-electron chi connectivity index (χ1n) is 10.2. The van der Waals surface area contributed by atoms with Crippen LogP contribution in [0, 0.1) is 0 Å². The molecule has 1 saturated heterocycles. The molecular weight excluding hydrogens is 364 g/mol. The summed E-state index contributed by atoms with van der Waals surface area (Å²) >= 11 is 0. The Morgan fingerprint density at radius 2 is 1.72 bits per heavy atom. The second-order valence-electron chi connectivity index (χ2n) is 8.28. The fourth-order valence-electron chi connectivity index (χ4n) is 4.80. The SMILES string of the molecule is COC(=O)c1ccc(CN2CCC3(CC2)CN(C(C)=O)Cc2ccccc23)cc1. The largest absolute Gasteiger partial charge is 0.465 e. The highest BCUT2D eigenvalue weighted by molar-refractivity contribution is 5.89. The molecule has 2 heterocycles. The second kappa shape index (κ2) is 7.99. The van der Waals surface area contributed by atoms with Gasteiger partial charge in [0, 0.05) is 32.0 Å². The maximum Gasteiger partial charge on any atom is 0.337 e. The van der Waals surface area contributed by atoms with Crippen molar-refractivity contribution in [3.63, 3.8) is 0 Å². The summed E-state index contributed by atoms with van der Waals surface area (Å²) in [4.78, 5) is 28.2. The number of esters is 1. The van der Waals surface area contributed by atoms with E-state index in [4.69, 9.17) is 4.74 Å². The van der Waals surface area contributed by atoms with Crippen molar-refractivity contribution in [2.24, 2.45) is 0 Å². The molecule has 2 aromatic carbocycles. The van der Waals surface area contributed by atoms with E-state index in [1.165, 1.54) is 23.8 Å². The van der Waals surface area contributed by atoms with Gasteiger partial charge in [0.05, 0.1) is 12.7 Å². The van der Waals surface area contributed by atoms with Crippen molar-refractivity contribution < 1.29 is 14.3 Å². The van der Waals surface area contributed by atoms with Gasteiger partial charge in [-0.15, -0.1) is 0 Å². The van der Waals surface area contributed by atoms with Crippen LogP contribution in [0.5, 0.6) is 0 Å². The summed E-state index contributed by atoms with van der Waals surface area (Å²) in [5, 5.41) is 0. The van der Waals surface area contributed by atoms with Crippen molar-refractivity contribution in [2.45, 2.75) is 38.3 Å². The minimum absolute atomic E-state index is 0.0613. The third-order valence-electron chi connectivity index (χ3n) is 6.48. The number of methoxy groups -OCH3 is 1. The van der Waals surface area contributed by atoms with Gasteiger partial charge in [0.1, 0.15) is 0 Å². The summed E-state index contributed by atoms with van der Waals surface area (Å²) in [5.74, 6) is -0.144. The van der Waals surface area contributed by atoms with Crippen molar-refractivity contribution in [3.8, 4) is 0 Å². The molecule has 4 rings (SSSR count). The van der Waals surface area contributed by atoms with Crippen molar-refractivity contribution >= 4 is 11.9 Å². The highest BCUT2D eigenvalue weighted by atomic mass is 16.5. The number of hydrogen-bond acceptors (Lipinski definition) is 4. The van der Waals surface area contributed by atoms with E-state index in [1.54, 1.807) is 6.92 Å². The van der Waals surface area contributed by atoms with Crippen LogP contribution in [0.25, 0.3) is 0 Å². The second-order valence-corrected chi connectivity index (χ2v) is 8.28. The van der Waals surface area contributed by atoms with Crippen LogP contribution >= 0.6 is 0 Å². The number of likely N-dealkylation sites (tertiary alicyclic amines) is 1. The number of piperidine rings is 1. The van der Waals surface area contributed by atoms with Gasteiger partial charge in [-0.3, -0.25) is 9.69 Å². The van der Waals surface area contributed by atoms with Gasteiger partial charge in [-0.05, 0) is 54.8 Å². The number of ether oxygens (including phenoxy) is 1. The number of carbonyl (C=O) groups is 2. The minimum atomic E-state index is -0.303. The summed E-state index contributed by atoms with van der Waals surface area (Å²) < 4.78 is 4.77. The molecule has 1 fully saturated rings. The van der Waals surface area contributed by atoms with E-state index in [2.05, 4.69) is 29.2 Å². The van der Waals surface area contributed by atoms with E-state index in [9.17, 15) is 9.59 Å². The van der Waals surface area contributed by atoms with Crippen LogP contribution in [0.4, 0.5) is 0 Å². The molecule has 5 nitrogen and oxygen atoms in total. The number of carbonyl (C=O) groups excluding carboxylic acids is 2. The third-order valence-corrected chi connectivity index (χ3v) is 6.48. The number of fused-ring (bicyclic) bond motifs is 2. The molecule has 5 heteroatoms. The van der Waals surface area contributed by atoms with Gasteiger partial charge < -0.3 is 9.64 Å². The third kappa shape index (κ3) is 3.92. The lowest BCUT2D eigenvalue weighted by Crippen LogP contribution is -2.52. The predicted molar refractivity (Wildman–Crippen MR) is 112 cm³/mol. The summed E-state index contributed by atoms with van der Waals surface area (Å²) in [5.41, 5.74) is 4.56. The first kappa shape index (κ1) is 19.6. The van der Waals surface area contributed by atoms with E-state index < -0.39 is 0 Å². The average molecular weight is 392 g/mol. The van der Waals surface area contributed by atoms with Crippen molar-refractivity contribution in [1.82, 2.24) is 9.80 Å². The summed E-state index contributed by atoms with van der Waals surface area (Å²) in [6, 6.07) is 16.3. The summed E-state index contributed by atoms with van der Waals surface area (Å²) in [6.45, 7) is 6.09. The Morgan fingerprint density at radius 3 is 2.38 bits per heavy atom. The van der Waals surface area contributed by atoms with Crippen molar-refractivity contribution in [2.75, 3.05) is 26.7 Å². The zero-order valence-corrected chi connectivity index (χ0v) is 17.2. The molecule has 29 heavy (non-hydrogen) atoms. The Bertz CT molecular complexity index is 899. The highest BCUT2D eigenvalue weighted by Gasteiger charge is 2.42. The van der Waals surface area contributed by atoms with E-state index in [1.807, 2.05) is 29.2 Å². The molecule has 2 aromatic rings. The summed E-state index contributed by atoms with van der Waals surface area (Å²) in [6.07, 6.45) is 2.10. The van der Waals surface area contributed by atoms with Gasteiger partial charge in [0.2, 0.25) is 5.91 Å². The molecule has 0 aliphatic carbocycles. The monoisotopic (exact) mass is 392 g/mol. The first-order chi connectivity index (χ1) is 14.0. The van der Waals surface area contributed by atoms with E-state index in [-0.39, 0.29) is 17.3 Å². The first-order valence-corrected chi connectivity index (χ1v) is 10.2. The van der Waals surface area contributed by atoms with E-state index in [0.717, 1.165) is 45.6 Å². The normalized spacial score (nSPS) is 18.3. The Hall–Kier alpha value is -2.66. The highest BCUT2D eigenvalue weighted by Crippen LogP contribution is 2.42. The Labute approximate surface area is 172 Å². The van der Waals surface area contributed by atoms with Gasteiger partial charge in [0.15, 0.2) is 0 Å². The fraction of sp³-hybridized carbons (Fsp3) is 0.417. The molecule has 0 saturated carbocycles. The van der Waals surface area contributed by atoms with Crippen LogP contribution in [0.15, 0.2) is 48.5 Å². The van der Waals surface area contributed by atoms with Crippen LogP contribution < -0.4 is 0 Å². The molecule has 0 atom stereocenters. The quantitative estimate of drug-likeness (QED) is 0.752. The van der Waals surface area contributed by atoms with Crippen LogP contribution in [-0.2, 0) is 28.0 Å². The molecule has 2 aliphatic rings. The lowest BCUT2D eigenvalue weighted by atomic mass is 9.69. The zero-order chi connectivity index (χ0) is 20.4. The Kier molecular flexibility index (Phi) is 5.41. The molecule has 0 radical (unpaired) electrons. The van der Waals surface area contributed by atoms with Gasteiger partial charge in [-0.2, -0.15) is 0 Å². The molecule has 2 aliphatic heterocycles. The molecular formula is C24H28N2O3. The maximum absolute atomic E-state index is 12.1. The van der Waals surface area contributed by atoms with E-state index >= 15 is 0 Å². The smallest absolute Gasteiger partial charge is 0.337 e. The van der Waals surface area contributed by atoms with Crippen LogP contribution in [0.3, 0.4) is 0 Å². The number of hydrogen-bond donors (Lipinski definition) is 0. The Balaban J connectivity index is 1.46. The summed E-state index contributed by atoms with van der Waals surface area (Å²) in [7, 11) is 1.40. The van der Waals surface area contributed by atoms with Crippen LogP contribution in [0.1, 0.15) is 46.8 Å². The molecule has 0 unspecified atom stereocenters. The Morgan fingerprint density at radius 1 is 1.03 bits per heavy atom. The number of rotatable bonds is 3. The van der Waals surface area contributed by atoms with Crippen molar-refractivity contribution in [1.29, 1.82) is 0 Å². The molecule has 1 amide bonds. The number of nitrogens with zero attached hydrogens (tertiary/aromatic N) is 2. The van der Waals surface area contributed by atoms with Crippen LogP contribution in [0.2, 0.25) is 0 Å². The lowest BCUT2D eigenvalue weighted by Gasteiger charge is -2.48. The molecule has 0 bridgehead atoms. The average Bonchev–Trinajstić information content (AvgIpc) is 2.75. The standard InChI is InChI=1S/C24H28N2O3/c1-18(27)26-16-21-5-3-4-6-22(21)24(17-26)11-13-25(14-12-24)15-19-7-9-20(10-8-19)23(28)29-2/h3-10H,11-17H2,1-2H3. The lowest BCUT2D eigenvalue weighted by molar-refractivity contribution is -0.131. The minimum Gasteiger partial charge on any atom is -0.465 e. The topological polar surface area (TPSA) is 49.9 Å². The fourth-order valence-corrected chi connectivity index (χ4v) is 4.80. The van der Waals surface area contributed by atoms with Crippen LogP contribution in [-0.4, -0.2) is 48.4 Å². The van der Waals surface area contributed by atoms with Gasteiger partial charge in [-0.1, -0.05) is 36.4 Å². The zero-order valence-electron chi connectivity index (χ0n) is 17.2. The molecule has 0 aromatic heterocycles. The van der Waals surface area contributed by atoms with Gasteiger partial charge in [0.25, 0.3) is 0 Å². The number of benzene rings is 2. The van der Waals surface area contributed by atoms with Crippen molar-refractivity contribution in [3.05, 3.63) is 70.8 Å². The number of amides is 1.